The Balaban J connectivity index is 1.89. The topological polar surface area (TPSA) is 17.3 Å². The summed E-state index contributed by atoms with van der Waals surface area (Å²) in [7, 11) is 0. The van der Waals surface area contributed by atoms with E-state index in [-0.39, 0.29) is 10.8 Å². The van der Waals surface area contributed by atoms with Crippen LogP contribution in [0.15, 0.2) is 66.9 Å². The minimum Gasteiger partial charge on any atom is -0.308 e. The molecule has 0 amide bonds. The molecule has 7 aromatic rings. The average Bonchev–Trinajstić information content (AvgIpc) is 3.17. The number of alkyl halides is 3. The molecule has 4 aromatic carbocycles. The largest absolute Gasteiger partial charge is 0.417 e. The van der Waals surface area contributed by atoms with E-state index in [1.54, 1.807) is 12.3 Å². The van der Waals surface area contributed by atoms with E-state index in [4.69, 9.17) is 4.98 Å². The molecule has 0 saturated heterocycles. The fraction of sp³-hybridized carbons (Fsp3) is 0.219. The van der Waals surface area contributed by atoms with Gasteiger partial charge in [0.05, 0.1) is 27.6 Å². The van der Waals surface area contributed by atoms with Crippen LogP contribution in [0.1, 0.15) is 37.5 Å². The number of halogens is 3. The molecule has 37 heavy (non-hydrogen) atoms. The second kappa shape index (κ2) is 7.12. The van der Waals surface area contributed by atoms with E-state index in [0.29, 0.717) is 16.3 Å². The number of nitrogens with zero attached hydrogens (tertiary/aromatic N) is 2. The van der Waals surface area contributed by atoms with Crippen LogP contribution in [0.25, 0.3) is 59.8 Å². The molecule has 0 aliphatic rings. The summed E-state index contributed by atoms with van der Waals surface area (Å²) in [4.78, 5) is 4.79. The summed E-state index contributed by atoms with van der Waals surface area (Å²) < 4.78 is 45.7. The van der Waals surface area contributed by atoms with Crippen LogP contribution in [-0.2, 0) is 12.6 Å². The minimum absolute atomic E-state index is 0.0403. The Labute approximate surface area is 211 Å². The van der Waals surface area contributed by atoms with Gasteiger partial charge in [-0.25, -0.2) is 0 Å². The first kappa shape index (κ1) is 22.3. The summed E-state index contributed by atoms with van der Waals surface area (Å²) >= 11 is 0. The fourth-order valence-corrected chi connectivity index (χ4v) is 6.20. The van der Waals surface area contributed by atoms with Gasteiger partial charge in [0.1, 0.15) is 0 Å². The van der Waals surface area contributed by atoms with Crippen LogP contribution < -0.4 is 0 Å². The maximum absolute atomic E-state index is 14.5. The molecular weight excluding hydrogens is 469 g/mol. The van der Waals surface area contributed by atoms with E-state index in [0.717, 1.165) is 55.6 Å². The van der Waals surface area contributed by atoms with E-state index in [1.165, 1.54) is 6.07 Å². The van der Waals surface area contributed by atoms with Gasteiger partial charge in [-0.1, -0.05) is 62.7 Å². The molecule has 0 aliphatic heterocycles. The smallest absolute Gasteiger partial charge is 0.308 e. The van der Waals surface area contributed by atoms with E-state index >= 15 is 0 Å². The average molecular weight is 495 g/mol. The highest BCUT2D eigenvalue weighted by Crippen LogP contribution is 2.48. The Morgan fingerprint density at radius 1 is 0.784 bits per heavy atom. The number of rotatable bonds is 1. The van der Waals surface area contributed by atoms with Crippen molar-refractivity contribution in [2.45, 2.75) is 40.3 Å². The third kappa shape index (κ3) is 3.09. The molecule has 2 nitrogen and oxygen atoms in total. The van der Waals surface area contributed by atoms with Crippen molar-refractivity contribution in [3.63, 3.8) is 0 Å². The maximum Gasteiger partial charge on any atom is 0.417 e. The Bertz CT molecular complexity index is 2040. The van der Waals surface area contributed by atoms with Crippen LogP contribution in [0, 0.1) is 12.3 Å². The molecule has 3 heterocycles. The molecule has 0 radical (unpaired) electrons. The second-order valence-corrected chi connectivity index (χ2v) is 11.5. The number of fused-ring (bicyclic) bond motifs is 7. The molecule has 0 bridgehead atoms. The van der Waals surface area contributed by atoms with E-state index in [1.807, 2.05) is 24.3 Å². The molecule has 0 atom stereocenters. The molecule has 0 spiro atoms. The zero-order valence-corrected chi connectivity index (χ0v) is 21.1. The van der Waals surface area contributed by atoms with Gasteiger partial charge in [0.15, 0.2) is 0 Å². The molecule has 0 saturated carbocycles. The van der Waals surface area contributed by atoms with Crippen molar-refractivity contribution in [1.29, 1.82) is 0 Å². The van der Waals surface area contributed by atoms with Gasteiger partial charge >= 0.3 is 6.18 Å². The lowest BCUT2D eigenvalue weighted by atomic mass is 9.84. The lowest BCUT2D eigenvalue weighted by molar-refractivity contribution is -0.136. The zero-order valence-electron chi connectivity index (χ0n) is 21.1. The van der Waals surface area contributed by atoms with E-state index < -0.39 is 11.7 Å². The molecule has 0 aliphatic carbocycles. The van der Waals surface area contributed by atoms with Crippen molar-refractivity contribution in [2.75, 3.05) is 0 Å². The lowest BCUT2D eigenvalue weighted by Crippen LogP contribution is -2.12. The number of pyridine rings is 2. The summed E-state index contributed by atoms with van der Waals surface area (Å²) in [6.07, 6.45) is -2.08. The predicted molar refractivity (Wildman–Crippen MR) is 147 cm³/mol. The summed E-state index contributed by atoms with van der Waals surface area (Å²) in [6, 6.07) is 19.1. The van der Waals surface area contributed by atoms with Crippen molar-refractivity contribution < 1.29 is 13.2 Å². The number of aryl methyl sites for hydroxylation is 1. The van der Waals surface area contributed by atoms with Crippen molar-refractivity contribution in [3.05, 3.63) is 83.6 Å². The maximum atomic E-state index is 14.5. The van der Waals surface area contributed by atoms with Gasteiger partial charge in [-0.15, -0.1) is 0 Å². The van der Waals surface area contributed by atoms with E-state index in [9.17, 15) is 13.2 Å². The highest BCUT2D eigenvalue weighted by Gasteiger charge is 2.36. The first-order chi connectivity index (χ1) is 17.5. The number of hydrogen-bond donors (Lipinski definition) is 0. The Hall–Kier alpha value is -3.86. The molecule has 184 valence electrons. The van der Waals surface area contributed by atoms with E-state index in [2.05, 4.69) is 56.4 Å². The highest BCUT2D eigenvalue weighted by atomic mass is 19.4. The van der Waals surface area contributed by atoms with Crippen LogP contribution in [0.3, 0.4) is 0 Å². The number of para-hydroxylation sites is 1. The van der Waals surface area contributed by atoms with Gasteiger partial charge < -0.3 is 4.40 Å². The second-order valence-electron chi connectivity index (χ2n) is 11.5. The van der Waals surface area contributed by atoms with Crippen LogP contribution >= 0.6 is 0 Å². The predicted octanol–water partition coefficient (Wildman–Crippen LogP) is 9.45. The normalized spacial score (nSPS) is 13.4. The minimum atomic E-state index is -4.48. The molecule has 7 rings (SSSR count). The van der Waals surface area contributed by atoms with Crippen molar-refractivity contribution in [2.24, 2.45) is 5.41 Å². The Morgan fingerprint density at radius 2 is 1.57 bits per heavy atom. The van der Waals surface area contributed by atoms with Crippen LogP contribution in [0.4, 0.5) is 13.2 Å². The first-order valence-corrected chi connectivity index (χ1v) is 12.5. The molecular formula is C32H25F3N2. The monoisotopic (exact) mass is 494 g/mol. The third-order valence-corrected chi connectivity index (χ3v) is 7.53. The van der Waals surface area contributed by atoms with Gasteiger partial charge in [-0.05, 0) is 64.7 Å². The van der Waals surface area contributed by atoms with Gasteiger partial charge in [0.25, 0.3) is 0 Å². The van der Waals surface area contributed by atoms with Gasteiger partial charge in [0.2, 0.25) is 0 Å². The molecule has 0 N–H and O–H groups in total. The van der Waals surface area contributed by atoms with Crippen LogP contribution in [0.2, 0.25) is 0 Å². The number of aromatic nitrogens is 2. The number of hydrogen-bond acceptors (Lipinski definition) is 1. The third-order valence-electron chi connectivity index (χ3n) is 7.53. The SMILES string of the molecule is Cc1ccc2cc3c4nccc5cc(C(F)(F)F)c6c7ccccc7n(c3c(CC(C)(C)C)c2c1)c6c54. The van der Waals surface area contributed by atoms with Gasteiger partial charge in [-0.3, -0.25) is 4.98 Å². The standard InChI is InChI=1S/C32H25F3N2/c1-17-9-10-18-14-22-28-26-19(11-12-36-28)15-24(32(33,34)35)27-20-7-5-6-8-25(20)37(30(26)27)29(22)23(21(18)13-17)16-31(2,3)4/h5-15H,16H2,1-4H3. The van der Waals surface area contributed by atoms with Crippen molar-refractivity contribution in [1.82, 2.24) is 9.38 Å². The lowest BCUT2D eigenvalue weighted by Gasteiger charge is -2.23. The number of benzene rings is 4. The van der Waals surface area contributed by atoms with Crippen LogP contribution in [-0.4, -0.2) is 9.38 Å². The zero-order chi connectivity index (χ0) is 25.9. The quantitative estimate of drug-likeness (QED) is 0.164. The first-order valence-electron chi connectivity index (χ1n) is 12.5. The Morgan fingerprint density at radius 3 is 2.32 bits per heavy atom. The summed E-state index contributed by atoms with van der Waals surface area (Å²) in [5, 5.41) is 5.43. The molecule has 0 fully saturated rings. The molecule has 0 unspecified atom stereocenters. The van der Waals surface area contributed by atoms with Gasteiger partial charge in [0, 0.05) is 27.7 Å². The summed E-state index contributed by atoms with van der Waals surface area (Å²) in [5.74, 6) is 0. The van der Waals surface area contributed by atoms with Gasteiger partial charge in [-0.2, -0.15) is 13.2 Å². The molecule has 3 aromatic heterocycles. The summed E-state index contributed by atoms with van der Waals surface area (Å²) in [6.45, 7) is 8.69. The Kier molecular flexibility index (Phi) is 4.30. The van der Waals surface area contributed by atoms with Crippen LogP contribution in [0.5, 0.6) is 0 Å². The summed E-state index contributed by atoms with van der Waals surface area (Å²) in [5.41, 5.74) is 4.75. The van der Waals surface area contributed by atoms with Crippen molar-refractivity contribution in [3.8, 4) is 0 Å². The van der Waals surface area contributed by atoms with Crippen molar-refractivity contribution >= 4 is 59.8 Å². The highest BCUT2D eigenvalue weighted by molar-refractivity contribution is 6.29. The fourth-order valence-electron chi connectivity index (χ4n) is 6.20. The molecule has 5 heteroatoms.